The molecule has 3 atom stereocenters. The van der Waals surface area contributed by atoms with Crippen molar-refractivity contribution >= 4 is 12.0 Å². The second-order valence-corrected chi connectivity index (χ2v) is 5.24. The molecule has 1 rings (SSSR count). The van der Waals surface area contributed by atoms with Crippen LogP contribution in [0.25, 0.3) is 0 Å². The molecule has 1 aliphatic rings. The molecule has 110 valence electrons. The third kappa shape index (κ3) is 4.38. The van der Waals surface area contributed by atoms with Crippen LogP contribution in [0.15, 0.2) is 0 Å². The molecule has 3 N–H and O–H groups in total. The average molecular weight is 272 g/mol. The number of aliphatic hydroxyl groups is 1. The predicted octanol–water partition coefficient (Wildman–Crippen LogP) is 1.04. The number of aliphatic hydroxyl groups excluding tert-OH is 1. The molecular formula is C13H24N2O4. The van der Waals surface area contributed by atoms with Crippen molar-refractivity contribution < 1.29 is 19.8 Å². The summed E-state index contributed by atoms with van der Waals surface area (Å²) in [6.07, 6.45) is 2.27. The number of nitrogens with zero attached hydrogens (tertiary/aromatic N) is 1. The molecule has 1 aliphatic heterocycles. The first-order valence-electron chi connectivity index (χ1n) is 6.89. The van der Waals surface area contributed by atoms with E-state index in [0.717, 1.165) is 12.8 Å². The highest BCUT2D eigenvalue weighted by atomic mass is 16.4. The van der Waals surface area contributed by atoms with Gasteiger partial charge in [0.25, 0.3) is 0 Å². The molecule has 0 spiro atoms. The predicted molar refractivity (Wildman–Crippen MR) is 70.8 cm³/mol. The van der Waals surface area contributed by atoms with Gasteiger partial charge in [-0.3, -0.25) is 4.79 Å². The van der Waals surface area contributed by atoms with Gasteiger partial charge >= 0.3 is 12.0 Å². The van der Waals surface area contributed by atoms with Crippen molar-refractivity contribution in [1.29, 1.82) is 0 Å². The molecular weight excluding hydrogens is 248 g/mol. The Balaban J connectivity index is 2.58. The van der Waals surface area contributed by atoms with E-state index in [1.807, 2.05) is 13.8 Å². The van der Waals surface area contributed by atoms with Gasteiger partial charge in [-0.1, -0.05) is 20.3 Å². The van der Waals surface area contributed by atoms with Crippen LogP contribution in [0.4, 0.5) is 4.79 Å². The van der Waals surface area contributed by atoms with Crippen LogP contribution in [-0.2, 0) is 4.79 Å². The molecule has 0 saturated carbocycles. The number of nitrogens with one attached hydrogen (secondary N) is 1. The lowest BCUT2D eigenvalue weighted by Crippen LogP contribution is -2.49. The molecule has 0 radical (unpaired) electrons. The van der Waals surface area contributed by atoms with Gasteiger partial charge in [0.1, 0.15) is 0 Å². The smallest absolute Gasteiger partial charge is 0.317 e. The first-order valence-corrected chi connectivity index (χ1v) is 6.89. The minimum Gasteiger partial charge on any atom is -0.481 e. The molecule has 0 aliphatic carbocycles. The number of rotatable bonds is 6. The minimum atomic E-state index is -0.910. The first kappa shape index (κ1) is 15.8. The van der Waals surface area contributed by atoms with Gasteiger partial charge in [0, 0.05) is 12.6 Å². The maximum absolute atomic E-state index is 12.1. The minimum absolute atomic E-state index is 0.0496. The van der Waals surface area contributed by atoms with Crippen molar-refractivity contribution in [2.24, 2.45) is 5.92 Å². The van der Waals surface area contributed by atoms with Crippen LogP contribution in [-0.4, -0.2) is 52.3 Å². The van der Waals surface area contributed by atoms with Gasteiger partial charge in [0.15, 0.2) is 0 Å². The SMILES string of the molecule is CCCC(CC(=O)O)NC(=O)N1CCC(C)C1CO. The number of urea groups is 1. The van der Waals surface area contributed by atoms with Crippen LogP contribution in [0.1, 0.15) is 39.5 Å². The van der Waals surface area contributed by atoms with E-state index < -0.39 is 5.97 Å². The van der Waals surface area contributed by atoms with Crippen molar-refractivity contribution in [3.63, 3.8) is 0 Å². The van der Waals surface area contributed by atoms with Gasteiger partial charge in [-0.25, -0.2) is 4.79 Å². The van der Waals surface area contributed by atoms with Crippen LogP contribution >= 0.6 is 0 Å². The summed E-state index contributed by atoms with van der Waals surface area (Å²) in [5, 5.41) is 20.9. The summed E-state index contributed by atoms with van der Waals surface area (Å²) < 4.78 is 0. The van der Waals surface area contributed by atoms with Crippen LogP contribution in [0.2, 0.25) is 0 Å². The lowest BCUT2D eigenvalue weighted by Gasteiger charge is -2.27. The number of amides is 2. The van der Waals surface area contributed by atoms with Gasteiger partial charge in [-0.05, 0) is 18.8 Å². The number of carbonyl (C=O) groups excluding carboxylic acids is 1. The molecule has 6 nitrogen and oxygen atoms in total. The van der Waals surface area contributed by atoms with Crippen molar-refractivity contribution in [2.45, 2.75) is 51.6 Å². The molecule has 0 aromatic heterocycles. The average Bonchev–Trinajstić information content (AvgIpc) is 2.69. The summed E-state index contributed by atoms with van der Waals surface area (Å²) in [7, 11) is 0. The van der Waals surface area contributed by atoms with E-state index >= 15 is 0 Å². The standard InChI is InChI=1S/C13H24N2O4/c1-3-4-10(7-12(17)18)14-13(19)15-6-5-9(2)11(15)8-16/h9-11,16H,3-8H2,1-2H3,(H,14,19)(H,17,18). The zero-order valence-corrected chi connectivity index (χ0v) is 11.6. The Morgan fingerprint density at radius 2 is 2.16 bits per heavy atom. The quantitative estimate of drug-likeness (QED) is 0.674. The van der Waals surface area contributed by atoms with Crippen molar-refractivity contribution in [1.82, 2.24) is 10.2 Å². The van der Waals surface area contributed by atoms with Crippen molar-refractivity contribution in [3.05, 3.63) is 0 Å². The Labute approximate surface area is 113 Å². The molecule has 1 heterocycles. The zero-order chi connectivity index (χ0) is 14.4. The lowest BCUT2D eigenvalue weighted by molar-refractivity contribution is -0.137. The third-order valence-electron chi connectivity index (χ3n) is 3.72. The molecule has 1 fully saturated rings. The number of likely N-dealkylation sites (tertiary alicyclic amines) is 1. The number of carboxylic acid groups (broad SMARTS) is 1. The monoisotopic (exact) mass is 272 g/mol. The van der Waals surface area contributed by atoms with Gasteiger partial charge < -0.3 is 20.4 Å². The molecule has 0 aromatic rings. The Bertz CT molecular complexity index is 322. The van der Waals surface area contributed by atoms with Crippen LogP contribution in [0, 0.1) is 5.92 Å². The molecule has 19 heavy (non-hydrogen) atoms. The molecule has 0 aromatic carbocycles. The van der Waals surface area contributed by atoms with Crippen molar-refractivity contribution in [2.75, 3.05) is 13.2 Å². The van der Waals surface area contributed by atoms with E-state index in [0.29, 0.717) is 13.0 Å². The highest BCUT2D eigenvalue weighted by Crippen LogP contribution is 2.23. The van der Waals surface area contributed by atoms with Gasteiger partial charge in [-0.2, -0.15) is 0 Å². The number of carbonyl (C=O) groups is 2. The Hall–Kier alpha value is -1.30. The number of hydrogen-bond acceptors (Lipinski definition) is 3. The Morgan fingerprint density at radius 1 is 1.47 bits per heavy atom. The summed E-state index contributed by atoms with van der Waals surface area (Å²) >= 11 is 0. The summed E-state index contributed by atoms with van der Waals surface area (Å²) in [5.41, 5.74) is 0. The van der Waals surface area contributed by atoms with Gasteiger partial charge in [0.2, 0.25) is 0 Å². The summed E-state index contributed by atoms with van der Waals surface area (Å²) in [4.78, 5) is 24.5. The molecule has 6 heteroatoms. The van der Waals surface area contributed by atoms with Gasteiger partial charge in [0.05, 0.1) is 19.1 Å². The number of hydrogen-bond donors (Lipinski definition) is 3. The number of aliphatic carboxylic acids is 1. The molecule has 1 saturated heterocycles. The first-order chi connectivity index (χ1) is 8.99. The Kier molecular flexibility index (Phi) is 6.08. The van der Waals surface area contributed by atoms with Crippen molar-refractivity contribution in [3.8, 4) is 0 Å². The maximum atomic E-state index is 12.1. The largest absolute Gasteiger partial charge is 0.481 e. The fourth-order valence-corrected chi connectivity index (χ4v) is 2.58. The molecule has 2 amide bonds. The second-order valence-electron chi connectivity index (χ2n) is 5.24. The summed E-state index contributed by atoms with van der Waals surface area (Å²) in [5.74, 6) is -0.632. The maximum Gasteiger partial charge on any atom is 0.317 e. The van der Waals surface area contributed by atoms with E-state index in [1.165, 1.54) is 0 Å². The fourth-order valence-electron chi connectivity index (χ4n) is 2.58. The molecule has 3 unspecified atom stereocenters. The fraction of sp³-hybridized carbons (Fsp3) is 0.846. The number of carboxylic acids is 1. The van der Waals surface area contributed by atoms with E-state index in [9.17, 15) is 14.7 Å². The van der Waals surface area contributed by atoms with Crippen LogP contribution in [0.3, 0.4) is 0 Å². The highest BCUT2D eigenvalue weighted by molar-refractivity contribution is 5.76. The lowest BCUT2D eigenvalue weighted by atomic mass is 10.0. The normalized spacial score (nSPS) is 24.3. The van der Waals surface area contributed by atoms with E-state index in [2.05, 4.69) is 5.32 Å². The second kappa shape index (κ2) is 7.33. The molecule has 0 bridgehead atoms. The van der Waals surface area contributed by atoms with Crippen LogP contribution < -0.4 is 5.32 Å². The summed E-state index contributed by atoms with van der Waals surface area (Å²) in [6.45, 7) is 4.53. The van der Waals surface area contributed by atoms with E-state index in [-0.39, 0.29) is 37.1 Å². The van der Waals surface area contributed by atoms with E-state index in [1.54, 1.807) is 4.90 Å². The Morgan fingerprint density at radius 3 is 2.68 bits per heavy atom. The van der Waals surface area contributed by atoms with Gasteiger partial charge in [-0.15, -0.1) is 0 Å². The van der Waals surface area contributed by atoms with Crippen LogP contribution in [0.5, 0.6) is 0 Å². The zero-order valence-electron chi connectivity index (χ0n) is 11.6. The summed E-state index contributed by atoms with van der Waals surface area (Å²) in [6, 6.07) is -0.763. The third-order valence-corrected chi connectivity index (χ3v) is 3.72. The van der Waals surface area contributed by atoms with E-state index in [4.69, 9.17) is 5.11 Å². The highest BCUT2D eigenvalue weighted by Gasteiger charge is 2.34. The topological polar surface area (TPSA) is 89.9 Å².